The third-order valence-corrected chi connectivity index (χ3v) is 3.77. The summed E-state index contributed by atoms with van der Waals surface area (Å²) in [7, 11) is 4.12. The second-order valence-electron chi connectivity index (χ2n) is 5.46. The molecule has 0 heterocycles. The zero-order chi connectivity index (χ0) is 14.1. The van der Waals surface area contributed by atoms with E-state index < -0.39 is 0 Å². The summed E-state index contributed by atoms with van der Waals surface area (Å²) in [6, 6.07) is 17.3. The fourth-order valence-corrected chi connectivity index (χ4v) is 2.64. The van der Waals surface area contributed by atoms with Crippen LogP contribution in [0.3, 0.4) is 0 Å². The van der Waals surface area contributed by atoms with Crippen LogP contribution in [-0.4, -0.2) is 14.1 Å². The van der Waals surface area contributed by atoms with E-state index in [0.29, 0.717) is 0 Å². The molecule has 0 fully saturated rings. The first kappa shape index (κ1) is 12.7. The molecule has 3 rings (SSSR count). The summed E-state index contributed by atoms with van der Waals surface area (Å²) in [5.74, 6) is 0. The predicted molar refractivity (Wildman–Crippen MR) is 88.7 cm³/mol. The number of nitrogens with zero attached hydrogens (tertiary/aromatic N) is 1. The summed E-state index contributed by atoms with van der Waals surface area (Å²) in [6.45, 7) is 2.18. The molecular formula is C19H19N. The summed E-state index contributed by atoms with van der Waals surface area (Å²) in [4.78, 5) is 2.12. The second-order valence-corrected chi connectivity index (χ2v) is 5.46. The maximum atomic E-state index is 2.27. The lowest BCUT2D eigenvalue weighted by Crippen LogP contribution is -2.07. The Morgan fingerprint density at radius 2 is 1.50 bits per heavy atom. The van der Waals surface area contributed by atoms with Crippen molar-refractivity contribution in [1.29, 1.82) is 0 Å². The number of anilines is 1. The lowest BCUT2D eigenvalue weighted by Gasteiger charge is -2.12. The third-order valence-electron chi connectivity index (χ3n) is 3.77. The molecule has 0 aliphatic heterocycles. The van der Waals surface area contributed by atoms with Crippen LogP contribution < -0.4 is 4.90 Å². The van der Waals surface area contributed by atoms with Crippen molar-refractivity contribution in [3.63, 3.8) is 0 Å². The van der Waals surface area contributed by atoms with E-state index >= 15 is 0 Å². The molecule has 0 atom stereocenters. The number of hydrogen-bond donors (Lipinski definition) is 0. The number of fused-ring (bicyclic) bond motifs is 1. The predicted octanol–water partition coefficient (Wildman–Crippen LogP) is 4.71. The Hall–Kier alpha value is -2.28. The molecular weight excluding hydrogens is 242 g/mol. The van der Waals surface area contributed by atoms with Gasteiger partial charge in [0, 0.05) is 19.8 Å². The minimum absolute atomic E-state index is 1.23. The summed E-state index contributed by atoms with van der Waals surface area (Å²) in [6.07, 6.45) is 4.53. The van der Waals surface area contributed by atoms with Crippen LogP contribution in [0.15, 0.2) is 54.6 Å². The molecule has 0 unspecified atom stereocenters. The van der Waals surface area contributed by atoms with Crippen molar-refractivity contribution in [2.24, 2.45) is 0 Å². The van der Waals surface area contributed by atoms with Gasteiger partial charge in [-0.15, -0.1) is 0 Å². The fraction of sp³-hybridized carbons (Fsp3) is 0.158. The highest BCUT2D eigenvalue weighted by molar-refractivity contribution is 6.01. The van der Waals surface area contributed by atoms with Gasteiger partial charge in [-0.3, -0.25) is 0 Å². The van der Waals surface area contributed by atoms with E-state index in [9.17, 15) is 0 Å². The standard InChI is InChI=1S/C19H19N/c1-14-12-16(19-7-5-4-6-18(14)19)13-15-8-10-17(11-9-15)20(2)3/h4-13H,1-3H3. The lowest BCUT2D eigenvalue weighted by molar-refractivity contribution is 1.13. The van der Waals surface area contributed by atoms with Crippen molar-refractivity contribution in [2.75, 3.05) is 19.0 Å². The highest BCUT2D eigenvalue weighted by atomic mass is 15.1. The van der Waals surface area contributed by atoms with Gasteiger partial charge in [-0.25, -0.2) is 0 Å². The highest BCUT2D eigenvalue weighted by Crippen LogP contribution is 2.35. The van der Waals surface area contributed by atoms with E-state index in [2.05, 4.69) is 86.6 Å². The van der Waals surface area contributed by atoms with Crippen LogP contribution in [0.4, 0.5) is 5.69 Å². The number of benzene rings is 2. The Morgan fingerprint density at radius 3 is 2.15 bits per heavy atom. The van der Waals surface area contributed by atoms with Gasteiger partial charge in [-0.05, 0) is 53.0 Å². The highest BCUT2D eigenvalue weighted by Gasteiger charge is 2.14. The van der Waals surface area contributed by atoms with Gasteiger partial charge in [0.15, 0.2) is 0 Å². The zero-order valence-electron chi connectivity index (χ0n) is 12.2. The molecule has 2 aromatic rings. The van der Waals surface area contributed by atoms with Gasteiger partial charge < -0.3 is 4.90 Å². The van der Waals surface area contributed by atoms with Crippen LogP contribution >= 0.6 is 0 Å². The van der Waals surface area contributed by atoms with Crippen LogP contribution in [0.2, 0.25) is 0 Å². The van der Waals surface area contributed by atoms with E-state index in [4.69, 9.17) is 0 Å². The normalized spacial score (nSPS) is 15.2. The molecule has 100 valence electrons. The Bertz CT molecular complexity index is 688. The van der Waals surface area contributed by atoms with Crippen LogP contribution in [0.25, 0.3) is 17.2 Å². The first-order chi connectivity index (χ1) is 9.65. The molecule has 20 heavy (non-hydrogen) atoms. The van der Waals surface area contributed by atoms with E-state index in [1.165, 1.54) is 33.5 Å². The smallest absolute Gasteiger partial charge is 0.0361 e. The molecule has 2 aromatic carbocycles. The molecule has 1 nitrogen and oxygen atoms in total. The minimum atomic E-state index is 1.23. The van der Waals surface area contributed by atoms with Crippen molar-refractivity contribution in [3.8, 4) is 0 Å². The lowest BCUT2D eigenvalue weighted by atomic mass is 10.0. The number of hydrogen-bond acceptors (Lipinski definition) is 1. The molecule has 0 aromatic heterocycles. The SMILES string of the molecule is CC1=CC(=Cc2ccc(N(C)C)cc2)c2ccccc21. The second kappa shape index (κ2) is 5.01. The van der Waals surface area contributed by atoms with Crippen LogP contribution in [0.5, 0.6) is 0 Å². The van der Waals surface area contributed by atoms with Crippen molar-refractivity contribution in [2.45, 2.75) is 6.92 Å². The molecule has 1 heteroatoms. The van der Waals surface area contributed by atoms with Crippen LogP contribution in [0, 0.1) is 0 Å². The molecule has 0 bridgehead atoms. The molecule has 0 saturated heterocycles. The first-order valence-electron chi connectivity index (χ1n) is 6.92. The van der Waals surface area contributed by atoms with E-state index in [0.717, 1.165) is 0 Å². The molecule has 0 amide bonds. The van der Waals surface area contributed by atoms with Crippen molar-refractivity contribution in [1.82, 2.24) is 0 Å². The molecule has 0 saturated carbocycles. The topological polar surface area (TPSA) is 3.24 Å². The maximum absolute atomic E-state index is 2.27. The Kier molecular flexibility index (Phi) is 3.19. The quantitative estimate of drug-likeness (QED) is 0.756. The molecule has 0 N–H and O–H groups in total. The van der Waals surface area contributed by atoms with Gasteiger partial charge in [0.1, 0.15) is 0 Å². The molecule has 0 radical (unpaired) electrons. The van der Waals surface area contributed by atoms with Gasteiger partial charge in [0.2, 0.25) is 0 Å². The Balaban J connectivity index is 1.98. The minimum Gasteiger partial charge on any atom is -0.378 e. The molecule has 0 spiro atoms. The van der Waals surface area contributed by atoms with Crippen molar-refractivity contribution < 1.29 is 0 Å². The zero-order valence-corrected chi connectivity index (χ0v) is 12.2. The molecule has 1 aliphatic carbocycles. The molecule has 1 aliphatic rings. The average Bonchev–Trinajstić information content (AvgIpc) is 2.77. The number of rotatable bonds is 2. The third kappa shape index (κ3) is 2.27. The van der Waals surface area contributed by atoms with E-state index in [1.54, 1.807) is 0 Å². The van der Waals surface area contributed by atoms with Gasteiger partial charge >= 0.3 is 0 Å². The first-order valence-corrected chi connectivity index (χ1v) is 6.92. The number of allylic oxidation sites excluding steroid dienone is 3. The monoisotopic (exact) mass is 261 g/mol. The van der Waals surface area contributed by atoms with Crippen molar-refractivity contribution >= 4 is 22.9 Å². The van der Waals surface area contributed by atoms with Crippen LogP contribution in [-0.2, 0) is 0 Å². The van der Waals surface area contributed by atoms with Crippen molar-refractivity contribution in [3.05, 3.63) is 71.3 Å². The Morgan fingerprint density at radius 1 is 0.850 bits per heavy atom. The van der Waals surface area contributed by atoms with Gasteiger partial charge in [-0.1, -0.05) is 42.5 Å². The van der Waals surface area contributed by atoms with E-state index in [-0.39, 0.29) is 0 Å². The average molecular weight is 261 g/mol. The summed E-state index contributed by atoms with van der Waals surface area (Å²) < 4.78 is 0. The maximum Gasteiger partial charge on any atom is 0.0361 e. The van der Waals surface area contributed by atoms with Gasteiger partial charge in [0.25, 0.3) is 0 Å². The van der Waals surface area contributed by atoms with Gasteiger partial charge in [-0.2, -0.15) is 0 Å². The summed E-state index contributed by atoms with van der Waals surface area (Å²) >= 11 is 0. The fourth-order valence-electron chi connectivity index (χ4n) is 2.64. The summed E-state index contributed by atoms with van der Waals surface area (Å²) in [5.41, 5.74) is 7.80. The largest absolute Gasteiger partial charge is 0.378 e. The van der Waals surface area contributed by atoms with Gasteiger partial charge in [0.05, 0.1) is 0 Å². The summed E-state index contributed by atoms with van der Waals surface area (Å²) in [5, 5.41) is 0. The van der Waals surface area contributed by atoms with E-state index in [1.807, 2.05) is 0 Å². The van der Waals surface area contributed by atoms with Crippen LogP contribution in [0.1, 0.15) is 23.6 Å². The Labute approximate surface area is 120 Å².